The summed E-state index contributed by atoms with van der Waals surface area (Å²) in [5.74, 6) is -0.226. The molecule has 1 N–H and O–H groups in total. The van der Waals surface area contributed by atoms with Crippen molar-refractivity contribution in [2.75, 3.05) is 5.32 Å². The minimum absolute atomic E-state index is 0.226. The zero-order valence-electron chi connectivity index (χ0n) is 10.9. The quantitative estimate of drug-likeness (QED) is 0.841. The molecular formula is C14H13BrClN3O. The average Bonchev–Trinajstić information content (AvgIpc) is 2.41. The molecule has 1 amide bonds. The van der Waals surface area contributed by atoms with Gasteiger partial charge in [-0.2, -0.15) is 0 Å². The van der Waals surface area contributed by atoms with Gasteiger partial charge >= 0.3 is 0 Å². The number of nitrogens with one attached hydrogen (secondary N) is 1. The van der Waals surface area contributed by atoms with E-state index >= 15 is 0 Å². The van der Waals surface area contributed by atoms with Crippen molar-refractivity contribution in [2.24, 2.45) is 0 Å². The van der Waals surface area contributed by atoms with E-state index in [1.165, 1.54) is 0 Å². The van der Waals surface area contributed by atoms with Gasteiger partial charge < -0.3 is 5.32 Å². The van der Waals surface area contributed by atoms with Gasteiger partial charge in [0, 0.05) is 11.3 Å². The summed E-state index contributed by atoms with van der Waals surface area (Å²) in [5.41, 5.74) is 1.94. The summed E-state index contributed by atoms with van der Waals surface area (Å²) in [7, 11) is 0. The monoisotopic (exact) mass is 353 g/mol. The minimum Gasteiger partial charge on any atom is -0.321 e. The molecule has 0 bridgehead atoms. The fraction of sp³-hybridized carbons (Fsp3) is 0.214. The lowest BCUT2D eigenvalue weighted by Crippen LogP contribution is -2.13. The first-order valence-electron chi connectivity index (χ1n) is 6.18. The van der Waals surface area contributed by atoms with Crippen LogP contribution in [0, 0.1) is 0 Å². The molecule has 104 valence electrons. The Bertz CT molecular complexity index is 616. The molecule has 0 aliphatic rings. The van der Waals surface area contributed by atoms with Gasteiger partial charge in [0.1, 0.15) is 9.76 Å². The van der Waals surface area contributed by atoms with Crippen molar-refractivity contribution in [3.8, 4) is 0 Å². The number of amides is 1. The molecule has 4 nitrogen and oxygen atoms in total. The van der Waals surface area contributed by atoms with Gasteiger partial charge in [-0.05, 0) is 46.6 Å². The summed E-state index contributed by atoms with van der Waals surface area (Å²) >= 11 is 9.19. The zero-order valence-corrected chi connectivity index (χ0v) is 13.2. The van der Waals surface area contributed by atoms with Crippen molar-refractivity contribution in [2.45, 2.75) is 19.8 Å². The standard InChI is InChI=1S/C14H13BrClN3O/c1-2-3-10-6-9(7-13(16)18-10)14(20)19-11-4-5-12(15)17-8-11/h4-8H,2-3H2,1H3,(H,19,20). The van der Waals surface area contributed by atoms with Crippen molar-refractivity contribution in [1.29, 1.82) is 0 Å². The molecule has 0 aromatic carbocycles. The predicted octanol–water partition coefficient (Wildman–Crippen LogP) is 4.10. The number of hydrogen-bond acceptors (Lipinski definition) is 3. The Labute approximate surface area is 130 Å². The van der Waals surface area contributed by atoms with E-state index in [1.54, 1.807) is 30.5 Å². The number of aryl methyl sites for hydroxylation is 1. The first-order chi connectivity index (χ1) is 9.58. The Hall–Kier alpha value is -1.46. The average molecular weight is 355 g/mol. The van der Waals surface area contributed by atoms with Crippen LogP contribution in [0.1, 0.15) is 29.4 Å². The third kappa shape index (κ3) is 4.02. The molecule has 2 heterocycles. The van der Waals surface area contributed by atoms with Crippen molar-refractivity contribution < 1.29 is 4.79 Å². The molecule has 0 atom stereocenters. The fourth-order valence-corrected chi connectivity index (χ4v) is 2.18. The molecule has 0 fully saturated rings. The van der Waals surface area contributed by atoms with Gasteiger partial charge in [-0.3, -0.25) is 4.79 Å². The van der Waals surface area contributed by atoms with Crippen molar-refractivity contribution >= 4 is 39.1 Å². The number of aromatic nitrogens is 2. The predicted molar refractivity (Wildman–Crippen MR) is 83.1 cm³/mol. The van der Waals surface area contributed by atoms with Crippen molar-refractivity contribution in [1.82, 2.24) is 9.97 Å². The second-order valence-corrected chi connectivity index (χ2v) is 5.44. The third-order valence-corrected chi connectivity index (χ3v) is 3.26. The van der Waals surface area contributed by atoms with E-state index in [4.69, 9.17) is 11.6 Å². The van der Waals surface area contributed by atoms with E-state index in [1.807, 2.05) is 0 Å². The molecule has 0 aliphatic heterocycles. The highest BCUT2D eigenvalue weighted by molar-refractivity contribution is 9.10. The lowest BCUT2D eigenvalue weighted by molar-refractivity contribution is 0.102. The number of anilines is 1. The molecule has 0 aliphatic carbocycles. The number of pyridine rings is 2. The number of carbonyl (C=O) groups excluding carboxylic acids is 1. The van der Waals surface area contributed by atoms with E-state index in [-0.39, 0.29) is 5.91 Å². The normalized spacial score (nSPS) is 10.3. The van der Waals surface area contributed by atoms with Crippen LogP contribution in [0.4, 0.5) is 5.69 Å². The van der Waals surface area contributed by atoms with Crippen LogP contribution >= 0.6 is 27.5 Å². The number of nitrogens with zero attached hydrogens (tertiary/aromatic N) is 2. The van der Waals surface area contributed by atoms with E-state index < -0.39 is 0 Å². The maximum atomic E-state index is 12.2. The van der Waals surface area contributed by atoms with Crippen LogP contribution in [0.25, 0.3) is 0 Å². The molecular weight excluding hydrogens is 342 g/mol. The first kappa shape index (κ1) is 14.9. The third-order valence-electron chi connectivity index (χ3n) is 2.60. The van der Waals surface area contributed by atoms with Crippen molar-refractivity contribution in [3.05, 3.63) is 51.5 Å². The smallest absolute Gasteiger partial charge is 0.255 e. The summed E-state index contributed by atoms with van der Waals surface area (Å²) in [4.78, 5) is 20.4. The molecule has 2 aromatic heterocycles. The summed E-state index contributed by atoms with van der Waals surface area (Å²) < 4.78 is 0.715. The number of carbonyl (C=O) groups is 1. The van der Waals surface area contributed by atoms with Gasteiger partial charge in [0.25, 0.3) is 5.91 Å². The molecule has 0 saturated carbocycles. The number of rotatable bonds is 4. The van der Waals surface area contributed by atoms with E-state index in [9.17, 15) is 4.79 Å². The summed E-state index contributed by atoms with van der Waals surface area (Å²) in [5, 5.41) is 3.10. The van der Waals surface area contributed by atoms with Crippen LogP contribution in [-0.2, 0) is 6.42 Å². The van der Waals surface area contributed by atoms with Crippen LogP contribution < -0.4 is 5.32 Å². The second kappa shape index (κ2) is 6.81. The van der Waals surface area contributed by atoms with E-state index in [0.29, 0.717) is 21.0 Å². The highest BCUT2D eigenvalue weighted by Crippen LogP contribution is 2.15. The van der Waals surface area contributed by atoms with Gasteiger partial charge in [-0.15, -0.1) is 0 Å². The van der Waals surface area contributed by atoms with Crippen LogP contribution in [0.5, 0.6) is 0 Å². The second-order valence-electron chi connectivity index (χ2n) is 4.24. The van der Waals surface area contributed by atoms with E-state index in [2.05, 4.69) is 38.1 Å². The Morgan fingerprint density at radius 1 is 1.40 bits per heavy atom. The van der Waals surface area contributed by atoms with Crippen LogP contribution in [0.15, 0.2) is 35.1 Å². The molecule has 2 rings (SSSR count). The maximum absolute atomic E-state index is 12.2. The van der Waals surface area contributed by atoms with Crippen molar-refractivity contribution in [3.63, 3.8) is 0 Å². The zero-order chi connectivity index (χ0) is 14.5. The van der Waals surface area contributed by atoms with Gasteiger partial charge in [0.2, 0.25) is 0 Å². The molecule has 20 heavy (non-hydrogen) atoms. The van der Waals surface area contributed by atoms with E-state index in [0.717, 1.165) is 18.5 Å². The Balaban J connectivity index is 2.18. The van der Waals surface area contributed by atoms with Gasteiger partial charge in [0.05, 0.1) is 11.9 Å². The molecule has 2 aromatic rings. The highest BCUT2D eigenvalue weighted by Gasteiger charge is 2.09. The Morgan fingerprint density at radius 2 is 2.20 bits per heavy atom. The Morgan fingerprint density at radius 3 is 2.85 bits per heavy atom. The Kier molecular flexibility index (Phi) is 5.09. The number of hydrogen-bond donors (Lipinski definition) is 1. The molecule has 0 spiro atoms. The van der Waals surface area contributed by atoms with Crippen LogP contribution in [0.2, 0.25) is 5.15 Å². The maximum Gasteiger partial charge on any atom is 0.255 e. The molecule has 0 unspecified atom stereocenters. The lowest BCUT2D eigenvalue weighted by atomic mass is 10.1. The number of halogens is 2. The van der Waals surface area contributed by atoms with Gasteiger partial charge in [-0.1, -0.05) is 24.9 Å². The molecule has 0 radical (unpaired) electrons. The fourth-order valence-electron chi connectivity index (χ4n) is 1.72. The topological polar surface area (TPSA) is 54.9 Å². The molecule has 0 saturated heterocycles. The highest BCUT2D eigenvalue weighted by atomic mass is 79.9. The summed E-state index contributed by atoms with van der Waals surface area (Å²) in [6.45, 7) is 2.05. The largest absolute Gasteiger partial charge is 0.321 e. The SMILES string of the molecule is CCCc1cc(C(=O)Nc2ccc(Br)nc2)cc(Cl)n1. The molecule has 6 heteroatoms. The summed E-state index contributed by atoms with van der Waals surface area (Å²) in [6.07, 6.45) is 3.32. The first-order valence-corrected chi connectivity index (χ1v) is 7.35. The van der Waals surface area contributed by atoms with Crippen LogP contribution in [0.3, 0.4) is 0 Å². The van der Waals surface area contributed by atoms with Gasteiger partial charge in [-0.25, -0.2) is 9.97 Å². The van der Waals surface area contributed by atoms with Crippen LogP contribution in [-0.4, -0.2) is 15.9 Å². The minimum atomic E-state index is -0.226. The lowest BCUT2D eigenvalue weighted by Gasteiger charge is -2.07. The summed E-state index contributed by atoms with van der Waals surface area (Å²) in [6, 6.07) is 6.85. The van der Waals surface area contributed by atoms with Gasteiger partial charge in [0.15, 0.2) is 0 Å².